The summed E-state index contributed by atoms with van der Waals surface area (Å²) >= 11 is 0. The summed E-state index contributed by atoms with van der Waals surface area (Å²) in [4.78, 5) is 20.4. The lowest BCUT2D eigenvalue weighted by molar-refractivity contribution is -0.870. The Morgan fingerprint density at radius 1 is 1.16 bits per heavy atom. The molecule has 0 aromatic carbocycles. The Hall–Kier alpha value is -0.460. The van der Waals surface area contributed by atoms with E-state index in [1.54, 1.807) is 0 Å². The summed E-state index contributed by atoms with van der Waals surface area (Å²) in [7, 11) is 1.78. The van der Waals surface area contributed by atoms with Crippen LogP contribution in [-0.2, 0) is 23.1 Å². The van der Waals surface area contributed by atoms with E-state index in [1.807, 2.05) is 28.1 Å². The second-order valence-corrected chi connectivity index (χ2v) is 6.57. The molecule has 8 heteroatoms. The summed E-state index contributed by atoms with van der Waals surface area (Å²) in [5, 5.41) is 0. The van der Waals surface area contributed by atoms with Crippen LogP contribution in [0.4, 0.5) is 0 Å². The molecule has 1 unspecified atom stereocenters. The van der Waals surface area contributed by atoms with Gasteiger partial charge in [-0.15, -0.1) is 0 Å². The van der Waals surface area contributed by atoms with Crippen molar-refractivity contribution in [3.8, 4) is 0 Å². The molecule has 7 nitrogen and oxygen atoms in total. The van der Waals surface area contributed by atoms with Crippen LogP contribution in [0.25, 0.3) is 0 Å². The number of hydrogen-bond donors (Lipinski definition) is 1. The number of quaternary nitrogens is 1. The molecule has 0 aliphatic heterocycles. The van der Waals surface area contributed by atoms with Crippen LogP contribution >= 0.6 is 7.82 Å². The minimum atomic E-state index is -4.06. The van der Waals surface area contributed by atoms with Crippen LogP contribution in [0.1, 0.15) is 19.8 Å². The van der Waals surface area contributed by atoms with Gasteiger partial charge in [-0.05, 0) is 6.42 Å². The van der Waals surface area contributed by atoms with Crippen molar-refractivity contribution in [3.63, 3.8) is 0 Å². The van der Waals surface area contributed by atoms with Gasteiger partial charge in [-0.3, -0.25) is 13.8 Å². The topological polar surface area (TPSA) is 82.1 Å². The van der Waals surface area contributed by atoms with Crippen LogP contribution in [0, 0.1) is 0 Å². The molecule has 0 rings (SSSR count). The van der Waals surface area contributed by atoms with Crippen molar-refractivity contribution in [1.29, 1.82) is 0 Å². The van der Waals surface area contributed by atoms with E-state index in [9.17, 15) is 14.3 Å². The molecule has 0 bridgehead atoms. The van der Waals surface area contributed by atoms with Crippen molar-refractivity contribution in [2.45, 2.75) is 19.8 Å². The summed E-state index contributed by atoms with van der Waals surface area (Å²) in [5.41, 5.74) is 0. The highest BCUT2D eigenvalue weighted by Gasteiger charge is 2.22. The molecule has 0 aromatic heterocycles. The Bertz CT molecular complexity index is 315. The fraction of sp³-hybridized carbons (Fsp3) is 0.909. The minimum absolute atomic E-state index is 0.0535. The second kappa shape index (κ2) is 8.66. The molecule has 0 heterocycles. The van der Waals surface area contributed by atoms with Crippen molar-refractivity contribution in [3.05, 3.63) is 0 Å². The van der Waals surface area contributed by atoms with E-state index in [0.29, 0.717) is 23.9 Å². The molecule has 1 N–H and O–H groups in total. The predicted molar refractivity (Wildman–Crippen MR) is 70.5 cm³/mol. The Labute approximate surface area is 114 Å². The van der Waals surface area contributed by atoms with Gasteiger partial charge in [0.1, 0.15) is 19.8 Å². The van der Waals surface area contributed by atoms with Gasteiger partial charge in [-0.2, -0.15) is 0 Å². The zero-order valence-electron chi connectivity index (χ0n) is 12.1. The second-order valence-electron chi connectivity index (χ2n) is 5.12. The monoisotopic (exact) mass is 298 g/mol. The van der Waals surface area contributed by atoms with Gasteiger partial charge in [0, 0.05) is 6.42 Å². The van der Waals surface area contributed by atoms with Gasteiger partial charge >= 0.3 is 13.8 Å². The van der Waals surface area contributed by atoms with Gasteiger partial charge in [0.25, 0.3) is 0 Å². The van der Waals surface area contributed by atoms with Crippen LogP contribution < -0.4 is 0 Å². The Balaban J connectivity index is 3.73. The zero-order chi connectivity index (χ0) is 14.9. The molecule has 0 saturated heterocycles. The molecular formula is C11H25NO6P+. The van der Waals surface area contributed by atoms with E-state index >= 15 is 0 Å². The van der Waals surface area contributed by atoms with E-state index < -0.39 is 7.82 Å². The summed E-state index contributed by atoms with van der Waals surface area (Å²) < 4.78 is 26.3. The third kappa shape index (κ3) is 12.3. The highest BCUT2D eigenvalue weighted by atomic mass is 31.2. The van der Waals surface area contributed by atoms with E-state index in [1.165, 1.54) is 0 Å². The molecule has 0 aromatic rings. The molecule has 0 fully saturated rings. The number of carbonyl (C=O) groups excluding carboxylic acids is 1. The first-order valence-electron chi connectivity index (χ1n) is 6.24. The molecule has 0 radical (unpaired) electrons. The fourth-order valence-electron chi connectivity index (χ4n) is 1.05. The lowest BCUT2D eigenvalue weighted by atomic mass is 10.3. The van der Waals surface area contributed by atoms with E-state index in [4.69, 9.17) is 9.26 Å². The molecule has 0 aliphatic carbocycles. The Morgan fingerprint density at radius 3 is 2.26 bits per heavy atom. The van der Waals surface area contributed by atoms with Gasteiger partial charge in [-0.25, -0.2) is 4.57 Å². The maximum absolute atomic E-state index is 11.4. The van der Waals surface area contributed by atoms with Crippen LogP contribution in [0.2, 0.25) is 0 Å². The third-order valence-corrected chi connectivity index (χ3v) is 3.09. The first-order chi connectivity index (χ1) is 8.66. The maximum Gasteiger partial charge on any atom is 0.472 e. The predicted octanol–water partition coefficient (Wildman–Crippen LogP) is 1.17. The molecule has 0 amide bonds. The van der Waals surface area contributed by atoms with Crippen LogP contribution in [0.5, 0.6) is 0 Å². The van der Waals surface area contributed by atoms with Crippen molar-refractivity contribution in [1.82, 2.24) is 0 Å². The SMILES string of the molecule is CCCC(=O)OCCOP(=O)(O)OCC[N+](C)(C)C. The van der Waals surface area contributed by atoms with E-state index in [-0.39, 0.29) is 25.8 Å². The molecule has 0 saturated carbocycles. The summed E-state index contributed by atoms with van der Waals surface area (Å²) in [6, 6.07) is 0. The number of esters is 1. The Morgan fingerprint density at radius 2 is 1.74 bits per heavy atom. The number of rotatable bonds is 10. The van der Waals surface area contributed by atoms with Crippen molar-refractivity contribution in [2.75, 3.05) is 47.5 Å². The smallest absolute Gasteiger partial charge is 0.463 e. The highest BCUT2D eigenvalue weighted by molar-refractivity contribution is 7.47. The minimum Gasteiger partial charge on any atom is -0.463 e. The third-order valence-electron chi connectivity index (χ3n) is 2.07. The average Bonchev–Trinajstić information content (AvgIpc) is 2.22. The number of phosphoric ester groups is 1. The summed E-state index contributed by atoms with van der Waals surface area (Å²) in [5.74, 6) is -0.343. The molecule has 0 aliphatic rings. The van der Waals surface area contributed by atoms with Crippen molar-refractivity contribution < 1.29 is 32.5 Å². The van der Waals surface area contributed by atoms with Gasteiger partial charge < -0.3 is 14.1 Å². The Kier molecular flexibility index (Phi) is 8.45. The lowest BCUT2D eigenvalue weighted by Crippen LogP contribution is -2.37. The van der Waals surface area contributed by atoms with Gasteiger partial charge in [0.15, 0.2) is 0 Å². The van der Waals surface area contributed by atoms with E-state index in [0.717, 1.165) is 0 Å². The molecule has 0 spiro atoms. The number of ether oxygens (including phenoxy) is 1. The van der Waals surface area contributed by atoms with E-state index in [2.05, 4.69) is 4.52 Å². The lowest BCUT2D eigenvalue weighted by Gasteiger charge is -2.23. The number of nitrogens with zero attached hydrogens (tertiary/aromatic N) is 1. The van der Waals surface area contributed by atoms with Gasteiger partial charge in [0.05, 0.1) is 27.7 Å². The van der Waals surface area contributed by atoms with Crippen LogP contribution in [0.15, 0.2) is 0 Å². The molecule has 1 atom stereocenters. The summed E-state index contributed by atoms with van der Waals surface area (Å²) in [6.07, 6.45) is 1.03. The average molecular weight is 298 g/mol. The maximum atomic E-state index is 11.4. The molecular weight excluding hydrogens is 273 g/mol. The number of likely N-dealkylation sites (N-methyl/N-ethyl adjacent to an activating group) is 1. The fourth-order valence-corrected chi connectivity index (χ4v) is 1.74. The van der Waals surface area contributed by atoms with Crippen molar-refractivity contribution in [2.24, 2.45) is 0 Å². The number of phosphoric acid groups is 1. The normalized spacial score (nSPS) is 15.0. The first-order valence-corrected chi connectivity index (χ1v) is 7.74. The number of carbonyl (C=O) groups is 1. The van der Waals surface area contributed by atoms with Crippen molar-refractivity contribution >= 4 is 13.8 Å². The molecule has 19 heavy (non-hydrogen) atoms. The molecule has 114 valence electrons. The van der Waals surface area contributed by atoms with Crippen LogP contribution in [-0.4, -0.2) is 62.9 Å². The first kappa shape index (κ1) is 18.5. The zero-order valence-corrected chi connectivity index (χ0v) is 13.0. The quantitative estimate of drug-likeness (QED) is 0.282. The van der Waals surface area contributed by atoms with Gasteiger partial charge in [-0.1, -0.05) is 6.92 Å². The van der Waals surface area contributed by atoms with Crippen LogP contribution in [0.3, 0.4) is 0 Å². The standard InChI is InChI=1S/C11H24NO6P/c1-5-6-11(13)16-9-10-18-19(14,15)17-8-7-12(2,3)4/h5-10H2,1-4H3/p+1. The largest absolute Gasteiger partial charge is 0.472 e. The summed E-state index contributed by atoms with van der Waals surface area (Å²) in [6.45, 7) is 2.35. The number of hydrogen-bond acceptors (Lipinski definition) is 5. The van der Waals surface area contributed by atoms with Gasteiger partial charge in [0.2, 0.25) is 0 Å². The highest BCUT2D eigenvalue weighted by Crippen LogP contribution is 2.42.